The van der Waals surface area contributed by atoms with Gasteiger partial charge in [-0.2, -0.15) is 0 Å². The van der Waals surface area contributed by atoms with Crippen molar-refractivity contribution in [2.24, 2.45) is 0 Å². The first-order valence-corrected chi connectivity index (χ1v) is 6.55. The predicted molar refractivity (Wildman–Crippen MR) is 53.2 cm³/mol. The maximum Gasteiger partial charge on any atom is 0.209 e. The first-order chi connectivity index (χ1) is 5.88. The van der Waals surface area contributed by atoms with Crippen LogP contribution in [0.2, 0.25) is 0 Å². The van der Waals surface area contributed by atoms with Crippen molar-refractivity contribution in [3.63, 3.8) is 0 Å². The first kappa shape index (κ1) is 10.6. The SMILES string of the molecule is Cc1nc(C(C)NS(C)(=O)=O)cs1. The second-order valence-electron chi connectivity index (χ2n) is 2.90. The van der Waals surface area contributed by atoms with E-state index in [0.717, 1.165) is 17.0 Å². The van der Waals surface area contributed by atoms with Gasteiger partial charge in [-0.15, -0.1) is 11.3 Å². The van der Waals surface area contributed by atoms with Crippen molar-refractivity contribution in [1.82, 2.24) is 9.71 Å². The molecule has 1 atom stereocenters. The number of aromatic nitrogens is 1. The van der Waals surface area contributed by atoms with E-state index in [1.54, 1.807) is 6.92 Å². The van der Waals surface area contributed by atoms with Gasteiger partial charge in [-0.3, -0.25) is 0 Å². The summed E-state index contributed by atoms with van der Waals surface area (Å²) < 4.78 is 24.2. The summed E-state index contributed by atoms with van der Waals surface area (Å²) >= 11 is 1.51. The van der Waals surface area contributed by atoms with Gasteiger partial charge in [0.05, 0.1) is 23.0 Å². The lowest BCUT2D eigenvalue weighted by atomic mass is 10.3. The van der Waals surface area contributed by atoms with Gasteiger partial charge in [0.15, 0.2) is 0 Å². The van der Waals surface area contributed by atoms with Crippen molar-refractivity contribution >= 4 is 21.4 Å². The van der Waals surface area contributed by atoms with E-state index in [1.165, 1.54) is 11.3 Å². The third-order valence-electron chi connectivity index (χ3n) is 1.47. The second kappa shape index (κ2) is 3.73. The van der Waals surface area contributed by atoms with E-state index in [9.17, 15) is 8.42 Å². The Hall–Kier alpha value is -0.460. The zero-order chi connectivity index (χ0) is 10.1. The molecule has 0 aromatic carbocycles. The summed E-state index contributed by atoms with van der Waals surface area (Å²) in [4.78, 5) is 4.19. The van der Waals surface area contributed by atoms with Gasteiger partial charge in [0.1, 0.15) is 0 Å². The van der Waals surface area contributed by atoms with Crippen molar-refractivity contribution in [2.75, 3.05) is 6.26 Å². The van der Waals surface area contributed by atoms with Crippen molar-refractivity contribution in [2.45, 2.75) is 19.9 Å². The summed E-state index contributed by atoms with van der Waals surface area (Å²) in [6.07, 6.45) is 1.14. The standard InChI is InChI=1S/C7H12N2O2S2/c1-5(9-13(3,10)11)7-4-12-6(2)8-7/h4-5,9H,1-3H3. The van der Waals surface area contributed by atoms with Crippen LogP contribution in [0.25, 0.3) is 0 Å². The largest absolute Gasteiger partial charge is 0.245 e. The fourth-order valence-corrected chi connectivity index (χ4v) is 2.43. The normalized spacial score (nSPS) is 14.4. The molecule has 0 amide bonds. The van der Waals surface area contributed by atoms with E-state index >= 15 is 0 Å². The summed E-state index contributed by atoms with van der Waals surface area (Å²) in [6, 6.07) is -0.250. The first-order valence-electron chi connectivity index (χ1n) is 3.78. The van der Waals surface area contributed by atoms with E-state index in [-0.39, 0.29) is 6.04 Å². The molecule has 0 saturated carbocycles. The molecule has 74 valence electrons. The van der Waals surface area contributed by atoms with E-state index in [4.69, 9.17) is 0 Å². The molecule has 0 aliphatic rings. The number of sulfonamides is 1. The van der Waals surface area contributed by atoms with Crippen LogP contribution in [0.1, 0.15) is 23.7 Å². The monoisotopic (exact) mass is 220 g/mol. The highest BCUT2D eigenvalue weighted by atomic mass is 32.2. The highest BCUT2D eigenvalue weighted by molar-refractivity contribution is 7.88. The van der Waals surface area contributed by atoms with Crippen LogP contribution < -0.4 is 4.72 Å². The Balaban J connectivity index is 2.75. The van der Waals surface area contributed by atoms with Gasteiger partial charge in [0, 0.05) is 5.38 Å². The summed E-state index contributed by atoms with van der Waals surface area (Å²) in [5.41, 5.74) is 0.771. The molecule has 0 bridgehead atoms. The number of hydrogen-bond acceptors (Lipinski definition) is 4. The molecule has 1 N–H and O–H groups in total. The van der Waals surface area contributed by atoms with Crippen LogP contribution in [-0.2, 0) is 10.0 Å². The van der Waals surface area contributed by atoms with E-state index < -0.39 is 10.0 Å². The molecule has 0 saturated heterocycles. The van der Waals surface area contributed by atoms with E-state index in [0.29, 0.717) is 0 Å². The van der Waals surface area contributed by atoms with Crippen molar-refractivity contribution in [3.05, 3.63) is 16.1 Å². The molecule has 0 spiro atoms. The molecule has 4 nitrogen and oxygen atoms in total. The van der Waals surface area contributed by atoms with Crippen LogP contribution in [0.4, 0.5) is 0 Å². The van der Waals surface area contributed by atoms with Crippen LogP contribution in [0.15, 0.2) is 5.38 Å². The lowest BCUT2D eigenvalue weighted by Crippen LogP contribution is -2.25. The van der Waals surface area contributed by atoms with Crippen molar-refractivity contribution in [3.8, 4) is 0 Å². The molecule has 0 aliphatic heterocycles. The number of nitrogens with one attached hydrogen (secondary N) is 1. The quantitative estimate of drug-likeness (QED) is 0.828. The fourth-order valence-electron chi connectivity index (χ4n) is 0.961. The molecule has 1 heterocycles. The molecule has 13 heavy (non-hydrogen) atoms. The fraction of sp³-hybridized carbons (Fsp3) is 0.571. The molecule has 0 fully saturated rings. The lowest BCUT2D eigenvalue weighted by molar-refractivity contribution is 0.570. The minimum atomic E-state index is -3.15. The molecular weight excluding hydrogens is 208 g/mol. The Bertz CT molecular complexity index is 383. The summed E-state index contributed by atoms with van der Waals surface area (Å²) in [7, 11) is -3.15. The predicted octanol–water partition coefficient (Wildman–Crippen LogP) is 1.06. The summed E-state index contributed by atoms with van der Waals surface area (Å²) in [5.74, 6) is 0. The smallest absolute Gasteiger partial charge is 0.209 e. The van der Waals surface area contributed by atoms with Gasteiger partial charge in [-0.05, 0) is 13.8 Å². The Morgan fingerprint density at radius 3 is 2.62 bits per heavy atom. The molecular formula is C7H12N2O2S2. The van der Waals surface area contributed by atoms with E-state index in [1.807, 2.05) is 12.3 Å². The highest BCUT2D eigenvalue weighted by Crippen LogP contribution is 2.15. The van der Waals surface area contributed by atoms with E-state index in [2.05, 4.69) is 9.71 Å². The maximum absolute atomic E-state index is 10.9. The average Bonchev–Trinajstić information content (AvgIpc) is 2.31. The van der Waals surface area contributed by atoms with Crippen LogP contribution in [0, 0.1) is 6.92 Å². The molecule has 1 aromatic heterocycles. The Labute approximate surface area is 82.1 Å². The van der Waals surface area contributed by atoms with Gasteiger partial charge < -0.3 is 0 Å². The van der Waals surface area contributed by atoms with Gasteiger partial charge in [-0.25, -0.2) is 18.1 Å². The molecule has 0 aliphatic carbocycles. The molecule has 6 heteroatoms. The molecule has 1 aromatic rings. The summed E-state index contributed by atoms with van der Waals surface area (Å²) in [5, 5.41) is 2.80. The maximum atomic E-state index is 10.9. The molecule has 1 rings (SSSR count). The number of nitrogens with zero attached hydrogens (tertiary/aromatic N) is 1. The minimum Gasteiger partial charge on any atom is -0.245 e. The third-order valence-corrected chi connectivity index (χ3v) is 3.04. The van der Waals surface area contributed by atoms with Crippen molar-refractivity contribution in [1.29, 1.82) is 0 Å². The zero-order valence-corrected chi connectivity index (χ0v) is 9.37. The zero-order valence-electron chi connectivity index (χ0n) is 7.73. The van der Waals surface area contributed by atoms with Gasteiger partial charge in [0.25, 0.3) is 0 Å². The molecule has 1 unspecified atom stereocenters. The average molecular weight is 220 g/mol. The third kappa shape index (κ3) is 3.41. The number of rotatable bonds is 3. The topological polar surface area (TPSA) is 59.1 Å². The van der Waals surface area contributed by atoms with Crippen LogP contribution in [0.5, 0.6) is 0 Å². The lowest BCUT2D eigenvalue weighted by Gasteiger charge is -2.08. The Morgan fingerprint density at radius 1 is 1.62 bits per heavy atom. The van der Waals surface area contributed by atoms with Gasteiger partial charge >= 0.3 is 0 Å². The number of hydrogen-bond donors (Lipinski definition) is 1. The number of thiazole rings is 1. The number of aryl methyl sites for hydroxylation is 1. The Kier molecular flexibility index (Phi) is 3.05. The Morgan fingerprint density at radius 2 is 2.23 bits per heavy atom. The molecule has 0 radical (unpaired) electrons. The van der Waals surface area contributed by atoms with Crippen LogP contribution >= 0.6 is 11.3 Å². The van der Waals surface area contributed by atoms with Crippen LogP contribution in [0.3, 0.4) is 0 Å². The summed E-state index contributed by atoms with van der Waals surface area (Å²) in [6.45, 7) is 3.66. The van der Waals surface area contributed by atoms with Crippen molar-refractivity contribution < 1.29 is 8.42 Å². The van der Waals surface area contributed by atoms with Crippen LogP contribution in [-0.4, -0.2) is 19.7 Å². The highest BCUT2D eigenvalue weighted by Gasteiger charge is 2.12. The van der Waals surface area contributed by atoms with Gasteiger partial charge in [0.2, 0.25) is 10.0 Å². The minimum absolute atomic E-state index is 0.250. The van der Waals surface area contributed by atoms with Gasteiger partial charge in [-0.1, -0.05) is 0 Å². The second-order valence-corrected chi connectivity index (χ2v) is 5.75.